The fraction of sp³-hybridized carbons (Fsp3) is 0.583. The van der Waals surface area contributed by atoms with Crippen LogP contribution in [0.1, 0.15) is 114 Å². The van der Waals surface area contributed by atoms with Gasteiger partial charge in [0.15, 0.2) is 0 Å². The summed E-state index contributed by atoms with van der Waals surface area (Å²) in [5.41, 5.74) is 2.94. The van der Waals surface area contributed by atoms with Crippen molar-refractivity contribution in [1.82, 2.24) is 15.5 Å². The van der Waals surface area contributed by atoms with Crippen molar-refractivity contribution in [1.29, 1.82) is 0 Å². The Morgan fingerprint density at radius 2 is 1.42 bits per heavy atom. The number of carbonyl (C=O) groups is 3. The van der Waals surface area contributed by atoms with Gasteiger partial charge in [0, 0.05) is 19.5 Å². The second-order valence-corrected chi connectivity index (χ2v) is 12.5. The molecule has 2 N–H and O–H groups in total. The number of nitrogens with zero attached hydrogens (tertiary/aromatic N) is 1. The first-order chi connectivity index (χ1) is 20.5. The fourth-order valence-electron chi connectivity index (χ4n) is 5.32. The number of rotatable bonds is 17. The van der Waals surface area contributed by atoms with Gasteiger partial charge in [-0.1, -0.05) is 101 Å². The standard InChI is InChI=1S/C36H55N3O4/c1-8-10-12-13-18-25-39(32(33(40)37-24-17-11-9-2)31-27(3)20-19-21-28(31)4)34(41)30(26-29-22-15-14-16-23-29)38-35(42)43-36(5,6)7/h14-16,19-23,30,32H,8-13,17-18,24-26H2,1-7H3,(H,37,40)(H,38,42). The molecule has 3 amide bonds. The Morgan fingerprint density at radius 3 is 2.02 bits per heavy atom. The molecular weight excluding hydrogens is 538 g/mol. The Kier molecular flexibility index (Phi) is 15.3. The molecule has 0 aromatic heterocycles. The van der Waals surface area contributed by atoms with Gasteiger partial charge in [0.05, 0.1) is 0 Å². The Morgan fingerprint density at radius 1 is 0.814 bits per heavy atom. The van der Waals surface area contributed by atoms with Crippen molar-refractivity contribution < 1.29 is 19.1 Å². The summed E-state index contributed by atoms with van der Waals surface area (Å²) >= 11 is 0. The normalized spacial score (nSPS) is 12.7. The first-order valence-electron chi connectivity index (χ1n) is 16.2. The molecule has 238 valence electrons. The van der Waals surface area contributed by atoms with Crippen molar-refractivity contribution in [3.05, 3.63) is 70.8 Å². The molecule has 0 aliphatic carbocycles. The highest BCUT2D eigenvalue weighted by molar-refractivity contribution is 5.92. The van der Waals surface area contributed by atoms with Gasteiger partial charge in [-0.15, -0.1) is 0 Å². The molecule has 7 heteroatoms. The van der Waals surface area contributed by atoms with Crippen LogP contribution in [0.3, 0.4) is 0 Å². The van der Waals surface area contributed by atoms with E-state index in [9.17, 15) is 14.4 Å². The van der Waals surface area contributed by atoms with Gasteiger partial charge < -0.3 is 20.3 Å². The lowest BCUT2D eigenvalue weighted by molar-refractivity contribution is -0.142. The van der Waals surface area contributed by atoms with Gasteiger partial charge in [-0.05, 0) is 69.7 Å². The molecule has 0 fully saturated rings. The topological polar surface area (TPSA) is 87.7 Å². The lowest BCUT2D eigenvalue weighted by atomic mass is 9.93. The first kappa shape index (κ1) is 35.8. The van der Waals surface area contributed by atoms with Crippen molar-refractivity contribution in [2.24, 2.45) is 0 Å². The highest BCUT2D eigenvalue weighted by Crippen LogP contribution is 2.29. The quantitative estimate of drug-likeness (QED) is 0.185. The lowest BCUT2D eigenvalue weighted by Gasteiger charge is -2.36. The number of carbonyl (C=O) groups excluding carboxylic acids is 3. The summed E-state index contributed by atoms with van der Waals surface area (Å²) in [6.07, 6.45) is 7.61. The Balaban J connectivity index is 2.57. The highest BCUT2D eigenvalue weighted by atomic mass is 16.6. The first-order valence-corrected chi connectivity index (χ1v) is 16.2. The molecule has 2 aromatic rings. The summed E-state index contributed by atoms with van der Waals surface area (Å²) in [6.45, 7) is 14.6. The monoisotopic (exact) mass is 593 g/mol. The SMILES string of the molecule is CCCCCCCN(C(=O)C(Cc1ccccc1)NC(=O)OC(C)(C)C)C(C(=O)NCCCCC)c1c(C)cccc1C. The molecule has 0 bridgehead atoms. The number of ether oxygens (including phenoxy) is 1. The van der Waals surface area contributed by atoms with E-state index in [0.29, 0.717) is 13.1 Å². The van der Waals surface area contributed by atoms with Crippen LogP contribution in [0.4, 0.5) is 4.79 Å². The maximum Gasteiger partial charge on any atom is 0.408 e. The van der Waals surface area contributed by atoms with E-state index in [1.807, 2.05) is 62.4 Å². The summed E-state index contributed by atoms with van der Waals surface area (Å²) in [7, 11) is 0. The highest BCUT2D eigenvalue weighted by Gasteiger charge is 2.37. The smallest absolute Gasteiger partial charge is 0.408 e. The van der Waals surface area contributed by atoms with Gasteiger partial charge in [0.2, 0.25) is 11.8 Å². The number of hydrogen-bond acceptors (Lipinski definition) is 4. The number of aryl methyl sites for hydroxylation is 2. The molecule has 2 rings (SSSR count). The van der Waals surface area contributed by atoms with Gasteiger partial charge in [-0.3, -0.25) is 9.59 Å². The van der Waals surface area contributed by atoms with Crippen LogP contribution in [0.5, 0.6) is 0 Å². The number of nitrogens with one attached hydrogen (secondary N) is 2. The molecule has 2 aromatic carbocycles. The average Bonchev–Trinajstić information content (AvgIpc) is 2.94. The Bertz CT molecular complexity index is 1120. The third-order valence-electron chi connectivity index (χ3n) is 7.51. The molecule has 2 atom stereocenters. The molecule has 0 aliphatic rings. The number of amides is 3. The van der Waals surface area contributed by atoms with Crippen molar-refractivity contribution in [2.75, 3.05) is 13.1 Å². The second kappa shape index (κ2) is 18.3. The molecule has 0 aliphatic heterocycles. The number of hydrogen-bond donors (Lipinski definition) is 2. The van der Waals surface area contributed by atoms with E-state index < -0.39 is 23.8 Å². The maximum absolute atomic E-state index is 14.7. The second-order valence-electron chi connectivity index (χ2n) is 12.5. The molecule has 0 saturated heterocycles. The number of unbranched alkanes of at least 4 members (excludes halogenated alkanes) is 6. The van der Waals surface area contributed by atoms with Crippen LogP contribution in [0, 0.1) is 13.8 Å². The summed E-state index contributed by atoms with van der Waals surface area (Å²) in [4.78, 5) is 43.5. The van der Waals surface area contributed by atoms with Gasteiger partial charge in [0.25, 0.3) is 0 Å². The number of benzene rings is 2. The van der Waals surface area contributed by atoms with Crippen molar-refractivity contribution in [3.63, 3.8) is 0 Å². The zero-order valence-electron chi connectivity index (χ0n) is 27.6. The van der Waals surface area contributed by atoms with Gasteiger partial charge in [0.1, 0.15) is 17.7 Å². The Labute approximate surface area is 260 Å². The zero-order valence-corrected chi connectivity index (χ0v) is 27.6. The molecule has 0 spiro atoms. The molecule has 43 heavy (non-hydrogen) atoms. The van der Waals surface area contributed by atoms with E-state index in [1.165, 1.54) is 0 Å². The molecule has 2 unspecified atom stereocenters. The molecule has 0 heterocycles. The molecular formula is C36H55N3O4. The van der Waals surface area contributed by atoms with Crippen LogP contribution in [-0.4, -0.2) is 47.5 Å². The molecule has 7 nitrogen and oxygen atoms in total. The van der Waals surface area contributed by atoms with Crippen LogP contribution in [0.15, 0.2) is 48.5 Å². The average molecular weight is 594 g/mol. The summed E-state index contributed by atoms with van der Waals surface area (Å²) in [6, 6.07) is 13.9. The minimum absolute atomic E-state index is 0.189. The zero-order chi connectivity index (χ0) is 31.8. The van der Waals surface area contributed by atoms with Gasteiger partial charge >= 0.3 is 6.09 Å². The lowest BCUT2D eigenvalue weighted by Crippen LogP contribution is -2.54. The van der Waals surface area contributed by atoms with Crippen molar-refractivity contribution >= 4 is 17.9 Å². The molecule has 0 saturated carbocycles. The summed E-state index contributed by atoms with van der Waals surface area (Å²) in [5.74, 6) is -0.479. The summed E-state index contributed by atoms with van der Waals surface area (Å²) < 4.78 is 5.57. The Hall–Kier alpha value is -3.35. The summed E-state index contributed by atoms with van der Waals surface area (Å²) in [5, 5.41) is 6.00. The van der Waals surface area contributed by atoms with Gasteiger partial charge in [-0.2, -0.15) is 0 Å². The fourth-order valence-corrected chi connectivity index (χ4v) is 5.32. The molecule has 0 radical (unpaired) electrons. The van der Waals surface area contributed by atoms with E-state index in [1.54, 1.807) is 25.7 Å². The number of alkyl carbamates (subject to hydrolysis) is 1. The van der Waals surface area contributed by atoms with E-state index in [0.717, 1.165) is 73.6 Å². The predicted octanol–water partition coefficient (Wildman–Crippen LogP) is 7.59. The van der Waals surface area contributed by atoms with Crippen LogP contribution < -0.4 is 10.6 Å². The van der Waals surface area contributed by atoms with Crippen molar-refractivity contribution in [2.45, 2.75) is 124 Å². The van der Waals surface area contributed by atoms with Crippen LogP contribution in [-0.2, 0) is 20.7 Å². The largest absolute Gasteiger partial charge is 0.444 e. The van der Waals surface area contributed by atoms with E-state index in [2.05, 4.69) is 24.5 Å². The van der Waals surface area contributed by atoms with Crippen molar-refractivity contribution in [3.8, 4) is 0 Å². The predicted molar refractivity (Wildman–Crippen MR) is 175 cm³/mol. The third-order valence-corrected chi connectivity index (χ3v) is 7.51. The van der Waals surface area contributed by atoms with E-state index >= 15 is 0 Å². The maximum atomic E-state index is 14.7. The minimum atomic E-state index is -0.910. The minimum Gasteiger partial charge on any atom is -0.444 e. The van der Waals surface area contributed by atoms with Crippen LogP contribution in [0.2, 0.25) is 0 Å². The van der Waals surface area contributed by atoms with Crippen LogP contribution >= 0.6 is 0 Å². The van der Waals surface area contributed by atoms with E-state index in [-0.39, 0.29) is 18.2 Å². The third kappa shape index (κ3) is 12.4. The van der Waals surface area contributed by atoms with Gasteiger partial charge in [-0.25, -0.2) is 4.79 Å². The van der Waals surface area contributed by atoms with E-state index in [4.69, 9.17) is 4.74 Å². The van der Waals surface area contributed by atoms with Crippen LogP contribution in [0.25, 0.3) is 0 Å².